The first-order chi connectivity index (χ1) is 6.24. The van der Waals surface area contributed by atoms with Crippen molar-refractivity contribution in [1.29, 1.82) is 0 Å². The molecule has 1 aromatic heterocycles. The number of hydrogen-bond donors (Lipinski definition) is 1. The Morgan fingerprint density at radius 1 is 1.69 bits per heavy atom. The molecule has 0 unspecified atom stereocenters. The van der Waals surface area contributed by atoms with Crippen molar-refractivity contribution in [2.45, 2.75) is 20.0 Å². The molecule has 0 radical (unpaired) electrons. The second-order valence-electron chi connectivity index (χ2n) is 2.37. The van der Waals surface area contributed by atoms with Crippen LogP contribution in [-0.4, -0.2) is 27.8 Å². The number of rotatable bonds is 5. The summed E-state index contributed by atoms with van der Waals surface area (Å²) in [7, 11) is 0. The van der Waals surface area contributed by atoms with Gasteiger partial charge in [-0.1, -0.05) is 6.92 Å². The third-order valence-corrected chi connectivity index (χ3v) is 1.23. The van der Waals surface area contributed by atoms with Gasteiger partial charge in [-0.2, -0.15) is 4.98 Å². The number of carbonyl (C=O) groups is 1. The molecule has 0 aliphatic heterocycles. The van der Waals surface area contributed by atoms with Crippen molar-refractivity contribution in [2.75, 3.05) is 6.61 Å². The van der Waals surface area contributed by atoms with Gasteiger partial charge in [0, 0.05) is 6.61 Å². The van der Waals surface area contributed by atoms with Crippen molar-refractivity contribution in [3.05, 3.63) is 11.7 Å². The van der Waals surface area contributed by atoms with E-state index in [2.05, 4.69) is 14.7 Å². The molecule has 0 atom stereocenters. The van der Waals surface area contributed by atoms with E-state index in [-0.39, 0.29) is 18.3 Å². The molecule has 13 heavy (non-hydrogen) atoms. The third kappa shape index (κ3) is 2.83. The maximum atomic E-state index is 10.3. The Labute approximate surface area is 74.5 Å². The molecule has 6 heteroatoms. The molecule has 0 aromatic carbocycles. The molecule has 1 heterocycles. The van der Waals surface area contributed by atoms with E-state index in [1.807, 2.05) is 6.92 Å². The highest BCUT2D eigenvalue weighted by Gasteiger charge is 2.12. The molecule has 0 aliphatic rings. The Bertz CT molecular complexity index is 284. The average Bonchev–Trinajstić information content (AvgIpc) is 2.53. The summed E-state index contributed by atoms with van der Waals surface area (Å²) in [5, 5.41) is 11.7. The van der Waals surface area contributed by atoms with E-state index in [4.69, 9.17) is 9.84 Å². The minimum atomic E-state index is -1.20. The number of carboxylic acid groups (broad SMARTS) is 1. The molecular formula is C7H10N2O4. The van der Waals surface area contributed by atoms with E-state index >= 15 is 0 Å². The lowest BCUT2D eigenvalue weighted by atomic mass is 10.5. The van der Waals surface area contributed by atoms with Crippen LogP contribution in [-0.2, 0) is 11.3 Å². The summed E-state index contributed by atoms with van der Waals surface area (Å²) in [5.74, 6) is -1.36. The standard InChI is InChI=1S/C7H10N2O4/c1-2-3-12-4-5-8-6(7(10)11)9-13-5/h2-4H2,1H3,(H,10,11). The van der Waals surface area contributed by atoms with Crippen molar-refractivity contribution >= 4 is 5.97 Å². The van der Waals surface area contributed by atoms with Crippen molar-refractivity contribution in [3.8, 4) is 0 Å². The number of aromatic carboxylic acids is 1. The molecule has 0 spiro atoms. The Hall–Kier alpha value is -1.43. The van der Waals surface area contributed by atoms with E-state index in [1.54, 1.807) is 0 Å². The largest absolute Gasteiger partial charge is 0.475 e. The SMILES string of the molecule is CCCOCc1nc(C(=O)O)no1. The lowest BCUT2D eigenvalue weighted by Crippen LogP contribution is -1.99. The smallest absolute Gasteiger partial charge is 0.377 e. The van der Waals surface area contributed by atoms with Gasteiger partial charge in [-0.15, -0.1) is 0 Å². The summed E-state index contributed by atoms with van der Waals surface area (Å²) in [5.41, 5.74) is 0. The fourth-order valence-electron chi connectivity index (χ4n) is 0.704. The predicted octanol–water partition coefficient (Wildman–Crippen LogP) is 0.694. The molecule has 6 nitrogen and oxygen atoms in total. The summed E-state index contributed by atoms with van der Waals surface area (Å²) >= 11 is 0. The van der Waals surface area contributed by atoms with Gasteiger partial charge >= 0.3 is 5.97 Å². The summed E-state index contributed by atoms with van der Waals surface area (Å²) in [6, 6.07) is 0. The van der Waals surface area contributed by atoms with E-state index in [0.717, 1.165) is 6.42 Å². The van der Waals surface area contributed by atoms with Crippen molar-refractivity contribution in [1.82, 2.24) is 10.1 Å². The minimum Gasteiger partial charge on any atom is -0.475 e. The van der Waals surface area contributed by atoms with E-state index in [0.29, 0.717) is 6.61 Å². The summed E-state index contributed by atoms with van der Waals surface area (Å²) in [4.78, 5) is 13.9. The topological polar surface area (TPSA) is 85.5 Å². The number of aromatic nitrogens is 2. The lowest BCUT2D eigenvalue weighted by Gasteiger charge is -1.94. The van der Waals surface area contributed by atoms with Gasteiger partial charge in [-0.3, -0.25) is 0 Å². The Morgan fingerprint density at radius 3 is 3.00 bits per heavy atom. The number of carboxylic acids is 1. The highest BCUT2D eigenvalue weighted by atomic mass is 16.5. The van der Waals surface area contributed by atoms with Crippen LogP contribution in [0, 0.1) is 0 Å². The molecule has 1 rings (SSSR count). The Kier molecular flexibility index (Phi) is 3.39. The zero-order chi connectivity index (χ0) is 9.68. The van der Waals surface area contributed by atoms with Crippen LogP contribution < -0.4 is 0 Å². The first-order valence-electron chi connectivity index (χ1n) is 3.87. The molecule has 0 bridgehead atoms. The van der Waals surface area contributed by atoms with Gasteiger partial charge < -0.3 is 14.4 Å². The molecule has 0 fully saturated rings. The molecule has 0 aliphatic carbocycles. The Morgan fingerprint density at radius 2 is 2.46 bits per heavy atom. The van der Waals surface area contributed by atoms with Crippen molar-refractivity contribution in [3.63, 3.8) is 0 Å². The van der Waals surface area contributed by atoms with Crippen LogP contribution in [0.4, 0.5) is 0 Å². The highest BCUT2D eigenvalue weighted by Crippen LogP contribution is 1.99. The van der Waals surface area contributed by atoms with Gasteiger partial charge in [0.05, 0.1) is 0 Å². The highest BCUT2D eigenvalue weighted by molar-refractivity contribution is 5.82. The minimum absolute atomic E-state index is 0.161. The van der Waals surface area contributed by atoms with Crippen LogP contribution in [0.1, 0.15) is 29.9 Å². The van der Waals surface area contributed by atoms with Crippen LogP contribution in [0.25, 0.3) is 0 Å². The molecule has 1 N–H and O–H groups in total. The second kappa shape index (κ2) is 4.56. The molecule has 0 amide bonds. The van der Waals surface area contributed by atoms with Crippen LogP contribution in [0.2, 0.25) is 0 Å². The van der Waals surface area contributed by atoms with Gasteiger partial charge in [-0.05, 0) is 11.6 Å². The van der Waals surface area contributed by atoms with Gasteiger partial charge in [-0.25, -0.2) is 4.79 Å². The zero-order valence-corrected chi connectivity index (χ0v) is 7.19. The zero-order valence-electron chi connectivity index (χ0n) is 7.19. The van der Waals surface area contributed by atoms with E-state index in [1.165, 1.54) is 0 Å². The average molecular weight is 186 g/mol. The first-order valence-corrected chi connectivity index (χ1v) is 3.87. The van der Waals surface area contributed by atoms with Crippen LogP contribution in [0.5, 0.6) is 0 Å². The first kappa shape index (κ1) is 9.66. The van der Waals surface area contributed by atoms with Crippen LogP contribution in [0.3, 0.4) is 0 Å². The van der Waals surface area contributed by atoms with Gasteiger partial charge in [0.25, 0.3) is 11.7 Å². The maximum absolute atomic E-state index is 10.3. The molecule has 0 saturated carbocycles. The molecule has 0 saturated heterocycles. The summed E-state index contributed by atoms with van der Waals surface area (Å²) in [6.45, 7) is 2.72. The van der Waals surface area contributed by atoms with Gasteiger partial charge in [0.2, 0.25) is 0 Å². The predicted molar refractivity (Wildman–Crippen MR) is 41.2 cm³/mol. The van der Waals surface area contributed by atoms with Crippen molar-refractivity contribution < 1.29 is 19.2 Å². The Balaban J connectivity index is 2.44. The van der Waals surface area contributed by atoms with Crippen LogP contribution >= 0.6 is 0 Å². The number of hydrogen-bond acceptors (Lipinski definition) is 5. The third-order valence-electron chi connectivity index (χ3n) is 1.23. The lowest BCUT2D eigenvalue weighted by molar-refractivity contribution is 0.0680. The van der Waals surface area contributed by atoms with Gasteiger partial charge in [0.15, 0.2) is 0 Å². The maximum Gasteiger partial charge on any atom is 0.377 e. The second-order valence-corrected chi connectivity index (χ2v) is 2.37. The fraction of sp³-hybridized carbons (Fsp3) is 0.571. The summed E-state index contributed by atoms with van der Waals surface area (Å²) < 4.78 is 9.68. The summed E-state index contributed by atoms with van der Waals surface area (Å²) in [6.07, 6.45) is 0.889. The van der Waals surface area contributed by atoms with E-state index < -0.39 is 5.97 Å². The normalized spacial score (nSPS) is 10.2. The van der Waals surface area contributed by atoms with E-state index in [9.17, 15) is 4.79 Å². The number of ether oxygens (including phenoxy) is 1. The molecular weight excluding hydrogens is 176 g/mol. The van der Waals surface area contributed by atoms with Gasteiger partial charge in [0.1, 0.15) is 6.61 Å². The number of nitrogens with zero attached hydrogens (tertiary/aromatic N) is 2. The molecule has 72 valence electrons. The monoisotopic (exact) mass is 186 g/mol. The quantitative estimate of drug-likeness (QED) is 0.681. The molecule has 1 aromatic rings. The van der Waals surface area contributed by atoms with Crippen molar-refractivity contribution in [2.24, 2.45) is 0 Å². The fourth-order valence-corrected chi connectivity index (χ4v) is 0.704. The van der Waals surface area contributed by atoms with Crippen LogP contribution in [0.15, 0.2) is 4.52 Å².